The molecule has 1 aliphatic carbocycles. The van der Waals surface area contributed by atoms with Crippen LogP contribution in [0.3, 0.4) is 0 Å². The van der Waals surface area contributed by atoms with Gasteiger partial charge in [0.05, 0.1) is 11.4 Å². The largest absolute Gasteiger partial charge is 0.395 e. The van der Waals surface area contributed by atoms with Gasteiger partial charge in [-0.15, -0.1) is 0 Å². The van der Waals surface area contributed by atoms with Crippen LogP contribution in [0.25, 0.3) is 0 Å². The van der Waals surface area contributed by atoms with Gasteiger partial charge in [0.1, 0.15) is 5.82 Å². The van der Waals surface area contributed by atoms with Crippen molar-refractivity contribution in [2.45, 2.75) is 37.5 Å². The van der Waals surface area contributed by atoms with Crippen molar-refractivity contribution in [3.63, 3.8) is 0 Å². The highest BCUT2D eigenvalue weighted by Gasteiger charge is 2.24. The van der Waals surface area contributed by atoms with Gasteiger partial charge in [0, 0.05) is 11.3 Å². The molecule has 2 unspecified atom stereocenters. The molecule has 0 aromatic heterocycles. The normalized spacial score (nSPS) is 23.9. The fraction of sp³-hybridized carbons (Fsp3) is 0.538. The number of anilines is 2. The van der Waals surface area contributed by atoms with Gasteiger partial charge in [-0.2, -0.15) is 11.8 Å². The SMILES string of the molecule is CCSC1CCC(Nc2cccc(F)c2N)C1. The minimum absolute atomic E-state index is 0.235. The van der Waals surface area contributed by atoms with Crippen LogP contribution in [-0.2, 0) is 0 Å². The highest BCUT2D eigenvalue weighted by atomic mass is 32.2. The smallest absolute Gasteiger partial charge is 0.148 e. The standard InChI is InChI=1S/C13H19FN2S/c1-2-17-10-7-6-9(8-10)16-12-5-3-4-11(14)13(12)15/h3-5,9-10,16H,2,6-8,15H2,1H3. The van der Waals surface area contributed by atoms with Gasteiger partial charge in [-0.1, -0.05) is 13.0 Å². The first-order chi connectivity index (χ1) is 8.20. The summed E-state index contributed by atoms with van der Waals surface area (Å²) >= 11 is 2.02. The molecule has 2 rings (SSSR count). The summed E-state index contributed by atoms with van der Waals surface area (Å²) in [5.41, 5.74) is 6.68. The van der Waals surface area contributed by atoms with Gasteiger partial charge >= 0.3 is 0 Å². The Bertz CT molecular complexity index is 384. The van der Waals surface area contributed by atoms with Gasteiger partial charge in [0.2, 0.25) is 0 Å². The summed E-state index contributed by atoms with van der Waals surface area (Å²) in [6.07, 6.45) is 3.54. The predicted molar refractivity (Wildman–Crippen MR) is 74.0 cm³/mol. The Morgan fingerprint density at radius 2 is 2.29 bits per heavy atom. The quantitative estimate of drug-likeness (QED) is 0.808. The maximum absolute atomic E-state index is 13.3. The van der Waals surface area contributed by atoms with Crippen molar-refractivity contribution in [2.75, 3.05) is 16.8 Å². The molecule has 1 aliphatic rings. The minimum atomic E-state index is -0.340. The molecule has 3 N–H and O–H groups in total. The molecule has 17 heavy (non-hydrogen) atoms. The zero-order valence-electron chi connectivity index (χ0n) is 10.1. The van der Waals surface area contributed by atoms with Gasteiger partial charge in [-0.25, -0.2) is 4.39 Å². The lowest BCUT2D eigenvalue weighted by Crippen LogP contribution is -2.17. The third-order valence-electron chi connectivity index (χ3n) is 3.20. The Kier molecular flexibility index (Phi) is 4.15. The molecule has 4 heteroatoms. The summed E-state index contributed by atoms with van der Waals surface area (Å²) in [6.45, 7) is 2.19. The summed E-state index contributed by atoms with van der Waals surface area (Å²) in [7, 11) is 0. The van der Waals surface area contributed by atoms with E-state index in [2.05, 4.69) is 12.2 Å². The molecule has 2 nitrogen and oxygen atoms in total. The van der Waals surface area contributed by atoms with E-state index in [0.717, 1.165) is 23.8 Å². The fourth-order valence-corrected chi connectivity index (χ4v) is 3.48. The summed E-state index contributed by atoms with van der Waals surface area (Å²) in [4.78, 5) is 0. The molecule has 94 valence electrons. The van der Waals surface area contributed by atoms with E-state index in [0.29, 0.717) is 6.04 Å². The van der Waals surface area contributed by atoms with Crippen LogP contribution >= 0.6 is 11.8 Å². The van der Waals surface area contributed by atoms with E-state index in [9.17, 15) is 4.39 Å². The van der Waals surface area contributed by atoms with Crippen molar-refractivity contribution in [2.24, 2.45) is 0 Å². The number of thioether (sulfide) groups is 1. The van der Waals surface area contributed by atoms with Crippen LogP contribution in [0.5, 0.6) is 0 Å². The maximum atomic E-state index is 13.3. The highest BCUT2D eigenvalue weighted by Crippen LogP contribution is 2.32. The van der Waals surface area contributed by atoms with Crippen molar-refractivity contribution in [1.29, 1.82) is 0 Å². The summed E-state index contributed by atoms with van der Waals surface area (Å²) in [5, 5.41) is 4.10. The van der Waals surface area contributed by atoms with Crippen LogP contribution in [0, 0.1) is 5.82 Å². The maximum Gasteiger partial charge on any atom is 0.148 e. The van der Waals surface area contributed by atoms with E-state index in [1.165, 1.54) is 18.2 Å². The lowest BCUT2D eigenvalue weighted by Gasteiger charge is -2.16. The zero-order chi connectivity index (χ0) is 12.3. The first kappa shape index (κ1) is 12.6. The highest BCUT2D eigenvalue weighted by molar-refractivity contribution is 7.99. The molecule has 0 bridgehead atoms. The molecule has 0 aliphatic heterocycles. The van der Waals surface area contributed by atoms with Gasteiger partial charge in [0.25, 0.3) is 0 Å². The van der Waals surface area contributed by atoms with Crippen molar-refractivity contribution < 1.29 is 4.39 Å². The number of rotatable bonds is 4. The van der Waals surface area contributed by atoms with E-state index in [1.54, 1.807) is 6.07 Å². The third kappa shape index (κ3) is 3.06. The van der Waals surface area contributed by atoms with E-state index >= 15 is 0 Å². The lowest BCUT2D eigenvalue weighted by atomic mass is 10.2. The Labute approximate surface area is 106 Å². The fourth-order valence-electron chi connectivity index (χ4n) is 2.34. The molecule has 1 saturated carbocycles. The Hall–Kier alpha value is -0.900. The molecular weight excluding hydrogens is 235 g/mol. The number of hydrogen-bond acceptors (Lipinski definition) is 3. The van der Waals surface area contributed by atoms with Crippen molar-refractivity contribution in [3.05, 3.63) is 24.0 Å². The van der Waals surface area contributed by atoms with Crippen LogP contribution in [0.4, 0.5) is 15.8 Å². The Morgan fingerprint density at radius 3 is 3.06 bits per heavy atom. The molecule has 1 aromatic carbocycles. The zero-order valence-corrected chi connectivity index (χ0v) is 10.9. The van der Waals surface area contributed by atoms with Gasteiger partial charge in [-0.3, -0.25) is 0 Å². The lowest BCUT2D eigenvalue weighted by molar-refractivity contribution is 0.632. The second-order valence-corrected chi connectivity index (χ2v) is 6.01. The Morgan fingerprint density at radius 1 is 1.47 bits per heavy atom. The molecule has 1 fully saturated rings. The molecule has 0 saturated heterocycles. The summed E-state index contributed by atoms with van der Waals surface area (Å²) in [5.74, 6) is 0.826. The van der Waals surface area contributed by atoms with Crippen LogP contribution in [0.15, 0.2) is 18.2 Å². The second kappa shape index (κ2) is 5.63. The van der Waals surface area contributed by atoms with E-state index in [1.807, 2.05) is 17.8 Å². The monoisotopic (exact) mass is 254 g/mol. The van der Waals surface area contributed by atoms with Crippen molar-refractivity contribution >= 4 is 23.1 Å². The molecule has 0 heterocycles. The molecular formula is C13H19FN2S. The van der Waals surface area contributed by atoms with Crippen LogP contribution in [-0.4, -0.2) is 17.0 Å². The number of nitrogens with one attached hydrogen (secondary N) is 1. The van der Waals surface area contributed by atoms with E-state index in [-0.39, 0.29) is 11.5 Å². The Balaban J connectivity index is 1.96. The average Bonchev–Trinajstić information content (AvgIpc) is 2.73. The predicted octanol–water partition coefficient (Wildman–Crippen LogP) is 3.49. The molecule has 0 amide bonds. The van der Waals surface area contributed by atoms with Gasteiger partial charge in [-0.05, 0) is 37.1 Å². The molecule has 0 radical (unpaired) electrons. The number of benzene rings is 1. The first-order valence-electron chi connectivity index (χ1n) is 6.12. The van der Waals surface area contributed by atoms with Crippen LogP contribution in [0.2, 0.25) is 0 Å². The van der Waals surface area contributed by atoms with E-state index < -0.39 is 0 Å². The van der Waals surface area contributed by atoms with E-state index in [4.69, 9.17) is 5.73 Å². The second-order valence-electron chi connectivity index (χ2n) is 4.43. The van der Waals surface area contributed by atoms with Crippen LogP contribution in [0.1, 0.15) is 26.2 Å². The van der Waals surface area contributed by atoms with Gasteiger partial charge < -0.3 is 11.1 Å². The van der Waals surface area contributed by atoms with Crippen molar-refractivity contribution in [1.82, 2.24) is 0 Å². The third-order valence-corrected chi connectivity index (χ3v) is 4.43. The summed E-state index contributed by atoms with van der Waals surface area (Å²) in [6, 6.07) is 5.37. The number of nitrogens with two attached hydrogens (primary N) is 1. The van der Waals surface area contributed by atoms with Gasteiger partial charge in [0.15, 0.2) is 0 Å². The molecule has 1 aromatic rings. The number of para-hydroxylation sites is 1. The summed E-state index contributed by atoms with van der Waals surface area (Å²) < 4.78 is 13.3. The minimum Gasteiger partial charge on any atom is -0.395 e. The topological polar surface area (TPSA) is 38.0 Å². The number of nitrogen functional groups attached to an aromatic ring is 1. The number of hydrogen-bond donors (Lipinski definition) is 2. The first-order valence-corrected chi connectivity index (χ1v) is 7.17. The van der Waals surface area contributed by atoms with Crippen molar-refractivity contribution in [3.8, 4) is 0 Å². The average molecular weight is 254 g/mol. The molecule has 0 spiro atoms. The number of halogens is 1. The van der Waals surface area contributed by atoms with Crippen LogP contribution < -0.4 is 11.1 Å². The molecule has 2 atom stereocenters.